The minimum atomic E-state index is -0.873. The number of Topliss-reactive ketones (excluding diaryl/α,β-unsaturated/α-hetero) is 1. The van der Waals surface area contributed by atoms with Crippen molar-refractivity contribution in [2.45, 2.75) is 50.7 Å². The van der Waals surface area contributed by atoms with E-state index in [1.807, 2.05) is 12.1 Å². The van der Waals surface area contributed by atoms with Crippen LogP contribution in [0.4, 0.5) is 0 Å². The highest BCUT2D eigenvalue weighted by molar-refractivity contribution is 5.96. The van der Waals surface area contributed by atoms with E-state index in [-0.39, 0.29) is 11.7 Å². The van der Waals surface area contributed by atoms with Crippen LogP contribution in [0.15, 0.2) is 42.5 Å². The Morgan fingerprint density at radius 3 is 2.42 bits per heavy atom. The molecule has 0 spiro atoms. The number of ether oxygens (including phenoxy) is 3. The lowest BCUT2D eigenvalue weighted by Gasteiger charge is -2.29. The summed E-state index contributed by atoms with van der Waals surface area (Å²) in [6, 6.07) is 12.1. The van der Waals surface area contributed by atoms with E-state index in [2.05, 4.69) is 10.2 Å². The first-order valence-corrected chi connectivity index (χ1v) is 12.8. The van der Waals surface area contributed by atoms with Crippen LogP contribution in [0.2, 0.25) is 0 Å². The molecule has 2 N–H and O–H groups in total. The molecule has 2 aliphatic rings. The number of amides is 1. The molecular weight excluding hydrogens is 460 g/mol. The van der Waals surface area contributed by atoms with Gasteiger partial charge >= 0.3 is 0 Å². The molecule has 1 fully saturated rings. The summed E-state index contributed by atoms with van der Waals surface area (Å²) in [7, 11) is 1.59. The molecule has 2 aromatic carbocycles. The zero-order chi connectivity index (χ0) is 25.3. The Kier molecular flexibility index (Phi) is 9.19. The Morgan fingerprint density at radius 2 is 1.69 bits per heavy atom. The summed E-state index contributed by atoms with van der Waals surface area (Å²) < 4.78 is 16.4. The highest BCUT2D eigenvalue weighted by Crippen LogP contribution is 2.33. The van der Waals surface area contributed by atoms with Gasteiger partial charge in [-0.15, -0.1) is 0 Å². The maximum Gasteiger partial charge on any atom is 0.220 e. The van der Waals surface area contributed by atoms with E-state index in [0.29, 0.717) is 73.8 Å². The number of fused-ring (bicyclic) bond motifs is 1. The third kappa shape index (κ3) is 6.98. The van der Waals surface area contributed by atoms with E-state index in [1.54, 1.807) is 37.4 Å². The standard InChI is InChI=1S/C28H36N2O6/c1-34-22-11-8-20(9-12-22)24(31)6-2-3-7-27(32)29-23(19-30-14-4-5-15-30)28(33)21-10-13-25-26(18-21)36-17-16-35-25/h8-13,18,23,28,33H,2-7,14-17,19H2,1H3,(H,29,32). The van der Waals surface area contributed by atoms with Crippen LogP contribution < -0.4 is 19.5 Å². The van der Waals surface area contributed by atoms with Gasteiger partial charge in [-0.2, -0.15) is 0 Å². The first-order chi connectivity index (χ1) is 17.5. The molecule has 0 radical (unpaired) electrons. The first-order valence-electron chi connectivity index (χ1n) is 12.8. The molecule has 2 heterocycles. The van der Waals surface area contributed by atoms with Crippen LogP contribution >= 0.6 is 0 Å². The molecule has 8 heteroatoms. The van der Waals surface area contributed by atoms with Gasteiger partial charge in [0.25, 0.3) is 0 Å². The smallest absolute Gasteiger partial charge is 0.220 e. The zero-order valence-electron chi connectivity index (χ0n) is 20.9. The fourth-order valence-corrected chi connectivity index (χ4v) is 4.72. The first kappa shape index (κ1) is 26.0. The summed E-state index contributed by atoms with van der Waals surface area (Å²) >= 11 is 0. The number of methoxy groups -OCH3 is 1. The van der Waals surface area contributed by atoms with Crippen molar-refractivity contribution in [1.29, 1.82) is 0 Å². The van der Waals surface area contributed by atoms with E-state index in [0.717, 1.165) is 25.9 Å². The van der Waals surface area contributed by atoms with Crippen LogP contribution in [-0.2, 0) is 4.79 Å². The number of likely N-dealkylation sites (tertiary alicyclic amines) is 1. The number of rotatable bonds is 12. The van der Waals surface area contributed by atoms with Crippen LogP contribution in [0.25, 0.3) is 0 Å². The van der Waals surface area contributed by atoms with Gasteiger partial charge in [-0.25, -0.2) is 0 Å². The summed E-state index contributed by atoms with van der Waals surface area (Å²) in [5.41, 5.74) is 1.34. The molecule has 0 aliphatic carbocycles. The highest BCUT2D eigenvalue weighted by Gasteiger charge is 2.27. The van der Waals surface area contributed by atoms with Crippen molar-refractivity contribution in [3.8, 4) is 17.2 Å². The van der Waals surface area contributed by atoms with Crippen LogP contribution in [0.5, 0.6) is 17.2 Å². The fraction of sp³-hybridized carbons (Fsp3) is 0.500. The summed E-state index contributed by atoms with van der Waals surface area (Å²) in [6.45, 7) is 3.49. The molecular formula is C28H36N2O6. The average molecular weight is 497 g/mol. The van der Waals surface area contributed by atoms with Crippen LogP contribution in [-0.4, -0.2) is 67.7 Å². The molecule has 0 saturated carbocycles. The van der Waals surface area contributed by atoms with Crippen molar-refractivity contribution in [3.63, 3.8) is 0 Å². The number of aliphatic hydroxyl groups is 1. The molecule has 2 aromatic rings. The van der Waals surface area contributed by atoms with Gasteiger partial charge in [0.15, 0.2) is 17.3 Å². The largest absolute Gasteiger partial charge is 0.497 e. The van der Waals surface area contributed by atoms with E-state index in [1.165, 1.54) is 0 Å². The van der Waals surface area contributed by atoms with E-state index < -0.39 is 12.1 Å². The lowest BCUT2D eigenvalue weighted by Crippen LogP contribution is -2.46. The predicted octanol–water partition coefficient (Wildman–Crippen LogP) is 3.52. The van der Waals surface area contributed by atoms with Gasteiger partial charge in [-0.05, 0) is 80.7 Å². The maximum absolute atomic E-state index is 12.8. The second-order valence-corrected chi connectivity index (χ2v) is 9.39. The Morgan fingerprint density at radius 1 is 1.00 bits per heavy atom. The third-order valence-electron chi connectivity index (χ3n) is 6.76. The normalized spacial score (nSPS) is 16.8. The molecule has 36 heavy (non-hydrogen) atoms. The number of nitrogens with one attached hydrogen (secondary N) is 1. The van der Waals surface area contributed by atoms with E-state index in [9.17, 15) is 14.7 Å². The molecule has 2 unspecified atom stereocenters. The number of hydrogen-bond acceptors (Lipinski definition) is 7. The Hall–Kier alpha value is -3.10. The Labute approximate surface area is 212 Å². The number of aliphatic hydroxyl groups excluding tert-OH is 1. The Balaban J connectivity index is 1.30. The SMILES string of the molecule is COc1ccc(C(=O)CCCCC(=O)NC(CN2CCCC2)C(O)c2ccc3c(c2)OCCO3)cc1. The van der Waals surface area contributed by atoms with Crippen molar-refractivity contribution in [2.75, 3.05) is 40.0 Å². The number of hydrogen-bond donors (Lipinski definition) is 2. The van der Waals surface area contributed by atoms with Gasteiger partial charge in [0.2, 0.25) is 5.91 Å². The molecule has 2 atom stereocenters. The minimum Gasteiger partial charge on any atom is -0.497 e. The third-order valence-corrected chi connectivity index (χ3v) is 6.76. The van der Waals surface area contributed by atoms with Gasteiger partial charge in [0, 0.05) is 24.9 Å². The number of carbonyl (C=O) groups is 2. The predicted molar refractivity (Wildman–Crippen MR) is 136 cm³/mol. The molecule has 4 rings (SSSR count). The fourth-order valence-electron chi connectivity index (χ4n) is 4.72. The summed E-state index contributed by atoms with van der Waals surface area (Å²) in [4.78, 5) is 27.5. The van der Waals surface area contributed by atoms with Crippen molar-refractivity contribution in [2.24, 2.45) is 0 Å². The number of benzene rings is 2. The number of ketones is 1. The maximum atomic E-state index is 12.8. The van der Waals surface area contributed by atoms with E-state index in [4.69, 9.17) is 14.2 Å². The van der Waals surface area contributed by atoms with E-state index >= 15 is 0 Å². The molecule has 2 aliphatic heterocycles. The minimum absolute atomic E-state index is 0.0546. The molecule has 1 amide bonds. The summed E-state index contributed by atoms with van der Waals surface area (Å²) in [5.74, 6) is 1.93. The van der Waals surface area contributed by atoms with Crippen LogP contribution in [0.3, 0.4) is 0 Å². The lowest BCUT2D eigenvalue weighted by molar-refractivity contribution is -0.123. The van der Waals surface area contributed by atoms with Crippen LogP contribution in [0.1, 0.15) is 60.6 Å². The van der Waals surface area contributed by atoms with Gasteiger partial charge in [0.1, 0.15) is 25.1 Å². The highest BCUT2D eigenvalue weighted by atomic mass is 16.6. The number of carbonyl (C=O) groups excluding carboxylic acids is 2. The molecule has 0 aromatic heterocycles. The van der Waals surface area contributed by atoms with Crippen molar-refractivity contribution < 1.29 is 28.9 Å². The summed E-state index contributed by atoms with van der Waals surface area (Å²) in [5, 5.41) is 14.3. The molecule has 1 saturated heterocycles. The van der Waals surface area contributed by atoms with Gasteiger partial charge < -0.3 is 29.5 Å². The Bertz CT molecular complexity index is 1020. The molecule has 0 bridgehead atoms. The van der Waals surface area contributed by atoms with Crippen molar-refractivity contribution in [3.05, 3.63) is 53.6 Å². The number of nitrogens with zero attached hydrogens (tertiary/aromatic N) is 1. The zero-order valence-corrected chi connectivity index (χ0v) is 20.9. The molecule has 8 nitrogen and oxygen atoms in total. The quantitative estimate of drug-likeness (QED) is 0.343. The summed E-state index contributed by atoms with van der Waals surface area (Å²) in [6.07, 6.45) is 3.30. The molecule has 194 valence electrons. The van der Waals surface area contributed by atoms with Gasteiger partial charge in [-0.3, -0.25) is 9.59 Å². The van der Waals surface area contributed by atoms with Gasteiger partial charge in [-0.1, -0.05) is 6.07 Å². The van der Waals surface area contributed by atoms with Crippen LogP contribution in [0, 0.1) is 0 Å². The van der Waals surface area contributed by atoms with Crippen molar-refractivity contribution in [1.82, 2.24) is 10.2 Å². The second kappa shape index (κ2) is 12.7. The number of unbranched alkanes of at least 4 members (excludes halogenated alkanes) is 1. The topological polar surface area (TPSA) is 97.3 Å². The average Bonchev–Trinajstić information content (AvgIpc) is 3.43. The van der Waals surface area contributed by atoms with Crippen molar-refractivity contribution >= 4 is 11.7 Å². The monoisotopic (exact) mass is 496 g/mol. The lowest BCUT2D eigenvalue weighted by atomic mass is 10.00. The second-order valence-electron chi connectivity index (χ2n) is 9.39. The van der Waals surface area contributed by atoms with Gasteiger partial charge in [0.05, 0.1) is 13.2 Å².